The summed E-state index contributed by atoms with van der Waals surface area (Å²) in [6.45, 7) is 2.26. The first-order chi connectivity index (χ1) is 12.4. The van der Waals surface area contributed by atoms with E-state index in [0.717, 1.165) is 24.9 Å². The lowest BCUT2D eigenvalue weighted by Crippen LogP contribution is -2.54. The Labute approximate surface area is 152 Å². The molecular formula is C17H22N4O4S. The lowest BCUT2D eigenvalue weighted by molar-refractivity contribution is -0.133. The van der Waals surface area contributed by atoms with Crippen LogP contribution in [0.3, 0.4) is 0 Å². The molecule has 0 spiro atoms. The molecule has 3 heterocycles. The summed E-state index contributed by atoms with van der Waals surface area (Å²) in [5.74, 6) is 0.0258. The smallest absolute Gasteiger partial charge is 0.299 e. The summed E-state index contributed by atoms with van der Waals surface area (Å²) in [5.41, 5.74) is 1.49. The highest BCUT2D eigenvalue weighted by atomic mass is 32.2. The van der Waals surface area contributed by atoms with Crippen molar-refractivity contribution in [3.8, 4) is 0 Å². The molecule has 2 saturated heterocycles. The van der Waals surface area contributed by atoms with Gasteiger partial charge in [0.1, 0.15) is 11.6 Å². The van der Waals surface area contributed by atoms with E-state index in [1.807, 2.05) is 29.2 Å². The van der Waals surface area contributed by atoms with Crippen molar-refractivity contribution in [2.75, 3.05) is 43.9 Å². The monoisotopic (exact) mass is 378 g/mol. The van der Waals surface area contributed by atoms with Gasteiger partial charge in [-0.05, 0) is 25.0 Å². The molecule has 1 aromatic heterocycles. The van der Waals surface area contributed by atoms with E-state index in [1.54, 1.807) is 4.90 Å². The molecule has 8 nitrogen and oxygen atoms in total. The predicted molar refractivity (Wildman–Crippen MR) is 97.4 cm³/mol. The number of para-hydroxylation sites is 2. The molecule has 1 aromatic carbocycles. The number of carbonyl (C=O) groups excluding carboxylic acids is 1. The highest BCUT2D eigenvalue weighted by molar-refractivity contribution is 7.88. The van der Waals surface area contributed by atoms with Crippen LogP contribution in [0.4, 0.5) is 6.01 Å². The first-order valence-corrected chi connectivity index (χ1v) is 10.6. The summed E-state index contributed by atoms with van der Waals surface area (Å²) >= 11 is 0. The first kappa shape index (κ1) is 17.3. The summed E-state index contributed by atoms with van der Waals surface area (Å²) in [4.78, 5) is 21.2. The normalized spacial score (nSPS) is 22.3. The first-order valence-electron chi connectivity index (χ1n) is 8.79. The van der Waals surface area contributed by atoms with Crippen LogP contribution in [0.2, 0.25) is 0 Å². The highest BCUT2D eigenvalue weighted by Crippen LogP contribution is 2.29. The number of anilines is 1. The molecule has 2 aliphatic rings. The van der Waals surface area contributed by atoms with Gasteiger partial charge in [0.05, 0.1) is 6.26 Å². The van der Waals surface area contributed by atoms with Crippen LogP contribution in [0.1, 0.15) is 12.8 Å². The van der Waals surface area contributed by atoms with Crippen molar-refractivity contribution in [1.29, 1.82) is 0 Å². The minimum absolute atomic E-state index is 0.0258. The quantitative estimate of drug-likeness (QED) is 0.789. The van der Waals surface area contributed by atoms with E-state index in [-0.39, 0.29) is 11.9 Å². The number of sulfonamides is 1. The van der Waals surface area contributed by atoms with Gasteiger partial charge in [0, 0.05) is 32.7 Å². The molecule has 0 bridgehead atoms. The minimum atomic E-state index is -3.20. The van der Waals surface area contributed by atoms with E-state index in [2.05, 4.69) is 4.98 Å². The van der Waals surface area contributed by atoms with E-state index >= 15 is 0 Å². The van der Waals surface area contributed by atoms with Crippen molar-refractivity contribution < 1.29 is 17.6 Å². The van der Waals surface area contributed by atoms with Crippen molar-refractivity contribution in [2.45, 2.75) is 18.9 Å². The fraction of sp³-hybridized carbons (Fsp3) is 0.529. The summed E-state index contributed by atoms with van der Waals surface area (Å²) in [6, 6.07) is 7.74. The number of rotatable bonds is 3. The molecule has 9 heteroatoms. The zero-order chi connectivity index (χ0) is 18.3. The Morgan fingerprint density at radius 1 is 1.15 bits per heavy atom. The molecule has 0 N–H and O–H groups in total. The maximum atomic E-state index is 13.0. The van der Waals surface area contributed by atoms with E-state index in [9.17, 15) is 13.2 Å². The maximum Gasteiger partial charge on any atom is 0.299 e. The Kier molecular flexibility index (Phi) is 4.36. The number of oxazole rings is 1. The molecule has 1 amide bonds. The number of hydrogen-bond donors (Lipinski definition) is 0. The van der Waals surface area contributed by atoms with Crippen LogP contribution in [-0.2, 0) is 14.8 Å². The van der Waals surface area contributed by atoms with E-state index in [1.165, 1.54) is 10.6 Å². The highest BCUT2D eigenvalue weighted by Gasteiger charge is 2.37. The molecule has 2 aliphatic heterocycles. The van der Waals surface area contributed by atoms with Gasteiger partial charge >= 0.3 is 0 Å². The largest absolute Gasteiger partial charge is 0.423 e. The number of aromatic nitrogens is 1. The average Bonchev–Trinajstić information content (AvgIpc) is 3.26. The van der Waals surface area contributed by atoms with Gasteiger partial charge in [-0.25, -0.2) is 8.42 Å². The zero-order valence-corrected chi connectivity index (χ0v) is 15.5. The summed E-state index contributed by atoms with van der Waals surface area (Å²) in [6.07, 6.45) is 2.86. The molecule has 0 saturated carbocycles. The minimum Gasteiger partial charge on any atom is -0.423 e. The fourth-order valence-electron chi connectivity index (χ4n) is 3.69. The van der Waals surface area contributed by atoms with Crippen LogP contribution in [0.5, 0.6) is 0 Å². The van der Waals surface area contributed by atoms with Gasteiger partial charge in [0.2, 0.25) is 15.9 Å². The van der Waals surface area contributed by atoms with Gasteiger partial charge in [-0.1, -0.05) is 12.1 Å². The Morgan fingerprint density at radius 2 is 1.88 bits per heavy atom. The van der Waals surface area contributed by atoms with Crippen molar-refractivity contribution in [1.82, 2.24) is 14.2 Å². The number of hydrogen-bond acceptors (Lipinski definition) is 6. The third kappa shape index (κ3) is 3.16. The lowest BCUT2D eigenvalue weighted by Gasteiger charge is -2.36. The average molecular weight is 378 g/mol. The third-order valence-electron chi connectivity index (χ3n) is 5.09. The number of piperazine rings is 1. The van der Waals surface area contributed by atoms with E-state index in [0.29, 0.717) is 37.8 Å². The molecule has 4 rings (SSSR count). The van der Waals surface area contributed by atoms with Crippen LogP contribution < -0.4 is 4.90 Å². The van der Waals surface area contributed by atoms with Gasteiger partial charge in [-0.15, -0.1) is 0 Å². The molecule has 2 aromatic rings. The SMILES string of the molecule is CS(=O)(=O)N1CCN(C(=O)[C@H]2CCCN2c2nc3ccccc3o2)CC1. The van der Waals surface area contributed by atoms with Crippen LogP contribution in [0.25, 0.3) is 11.1 Å². The summed E-state index contributed by atoms with van der Waals surface area (Å²) < 4.78 is 30.5. The van der Waals surface area contributed by atoms with Gasteiger partial charge in [-0.2, -0.15) is 9.29 Å². The number of nitrogens with zero attached hydrogens (tertiary/aromatic N) is 4. The second kappa shape index (κ2) is 6.55. The second-order valence-electron chi connectivity index (χ2n) is 6.80. The van der Waals surface area contributed by atoms with E-state index in [4.69, 9.17) is 4.42 Å². The molecule has 0 aliphatic carbocycles. The van der Waals surface area contributed by atoms with Crippen molar-refractivity contribution in [3.05, 3.63) is 24.3 Å². The van der Waals surface area contributed by atoms with Crippen LogP contribution in [0, 0.1) is 0 Å². The maximum absolute atomic E-state index is 13.0. The van der Waals surface area contributed by atoms with Crippen molar-refractivity contribution in [2.24, 2.45) is 0 Å². The Balaban J connectivity index is 1.49. The van der Waals surface area contributed by atoms with Gasteiger partial charge in [0.15, 0.2) is 5.58 Å². The van der Waals surface area contributed by atoms with Gasteiger partial charge in [-0.3, -0.25) is 4.79 Å². The number of benzene rings is 1. The molecular weight excluding hydrogens is 356 g/mol. The molecule has 1 atom stereocenters. The second-order valence-corrected chi connectivity index (χ2v) is 8.79. The zero-order valence-electron chi connectivity index (χ0n) is 14.7. The Bertz CT molecular complexity index is 885. The van der Waals surface area contributed by atoms with Crippen LogP contribution in [-0.4, -0.2) is 73.5 Å². The fourth-order valence-corrected chi connectivity index (χ4v) is 4.51. The number of carbonyl (C=O) groups is 1. The number of fused-ring (bicyclic) bond motifs is 1. The Hall–Kier alpha value is -2.13. The topological polar surface area (TPSA) is 87.0 Å². The van der Waals surface area contributed by atoms with Crippen LogP contribution >= 0.6 is 0 Å². The Morgan fingerprint density at radius 3 is 2.58 bits per heavy atom. The summed E-state index contributed by atoms with van der Waals surface area (Å²) in [5, 5.41) is 0. The van der Waals surface area contributed by atoms with Crippen molar-refractivity contribution in [3.63, 3.8) is 0 Å². The van der Waals surface area contributed by atoms with Crippen molar-refractivity contribution >= 4 is 33.0 Å². The standard InChI is InChI=1S/C17H22N4O4S/c1-26(23,24)20-11-9-19(10-12-20)16(22)14-6-4-8-21(14)17-18-13-5-2-3-7-15(13)25-17/h2-3,5,7,14H,4,6,8-12H2,1H3/t14-/m1/s1. The van der Waals surface area contributed by atoms with Gasteiger partial charge < -0.3 is 14.2 Å². The lowest BCUT2D eigenvalue weighted by atomic mass is 10.2. The van der Waals surface area contributed by atoms with E-state index < -0.39 is 10.0 Å². The number of amides is 1. The molecule has 140 valence electrons. The van der Waals surface area contributed by atoms with Crippen LogP contribution in [0.15, 0.2) is 28.7 Å². The predicted octanol–water partition coefficient (Wildman–Crippen LogP) is 0.900. The molecule has 26 heavy (non-hydrogen) atoms. The molecule has 2 fully saturated rings. The van der Waals surface area contributed by atoms with Gasteiger partial charge in [0.25, 0.3) is 6.01 Å². The third-order valence-corrected chi connectivity index (χ3v) is 6.39. The molecule has 0 radical (unpaired) electrons. The summed E-state index contributed by atoms with van der Waals surface area (Å²) in [7, 11) is -3.20. The molecule has 0 unspecified atom stereocenters.